The van der Waals surface area contributed by atoms with Crippen LogP contribution in [0.1, 0.15) is 49.9 Å². The molecule has 2 saturated heterocycles. The number of fused-ring (bicyclic) bond motifs is 1. The van der Waals surface area contributed by atoms with E-state index >= 15 is 0 Å². The summed E-state index contributed by atoms with van der Waals surface area (Å²) in [4.78, 5) is 25.6. The molecule has 212 valence electrons. The quantitative estimate of drug-likeness (QED) is 0.398. The van der Waals surface area contributed by atoms with Crippen LogP contribution in [0.25, 0.3) is 11.2 Å². The molecular formula is C27H35Cl3N6O3. The Hall–Kier alpha value is -2.17. The molecule has 2 aromatic heterocycles. The largest absolute Gasteiger partial charge is 0.481 e. The Kier molecular flexibility index (Phi) is 9.60. The van der Waals surface area contributed by atoms with Crippen LogP contribution < -0.4 is 4.90 Å². The van der Waals surface area contributed by atoms with Gasteiger partial charge in [0, 0.05) is 54.7 Å². The number of carboxylic acids is 1. The molecule has 12 heteroatoms. The van der Waals surface area contributed by atoms with E-state index in [0.29, 0.717) is 22.2 Å². The van der Waals surface area contributed by atoms with Gasteiger partial charge in [-0.3, -0.25) is 9.69 Å². The lowest BCUT2D eigenvalue weighted by Gasteiger charge is -2.46. The Bertz CT molecular complexity index is 1320. The molecule has 39 heavy (non-hydrogen) atoms. The van der Waals surface area contributed by atoms with E-state index in [-0.39, 0.29) is 49.4 Å². The highest BCUT2D eigenvalue weighted by Gasteiger charge is 2.36. The number of halogens is 3. The van der Waals surface area contributed by atoms with E-state index in [0.717, 1.165) is 61.5 Å². The van der Waals surface area contributed by atoms with Crippen LogP contribution in [0.3, 0.4) is 0 Å². The summed E-state index contributed by atoms with van der Waals surface area (Å²) in [6.07, 6.45) is 4.83. The summed E-state index contributed by atoms with van der Waals surface area (Å²) in [5, 5.41) is 25.5. The van der Waals surface area contributed by atoms with Gasteiger partial charge in [-0.15, -0.1) is 12.4 Å². The van der Waals surface area contributed by atoms with Crippen LogP contribution in [0.15, 0.2) is 24.4 Å². The number of nitrogens with zero attached hydrogens (tertiary/aromatic N) is 6. The van der Waals surface area contributed by atoms with E-state index in [1.165, 1.54) is 0 Å². The van der Waals surface area contributed by atoms with Crippen LogP contribution >= 0.6 is 35.6 Å². The fourth-order valence-electron chi connectivity index (χ4n) is 6.14. The number of aliphatic hydroxyl groups excluding tert-OH is 1. The first-order chi connectivity index (χ1) is 18.2. The van der Waals surface area contributed by atoms with Gasteiger partial charge in [-0.1, -0.05) is 29.3 Å². The maximum atomic E-state index is 11.2. The smallest absolute Gasteiger partial charge is 0.303 e. The van der Waals surface area contributed by atoms with Gasteiger partial charge in [0.2, 0.25) is 0 Å². The number of hydrogen-bond acceptors (Lipinski definition) is 7. The molecule has 1 aromatic carbocycles. The van der Waals surface area contributed by atoms with Gasteiger partial charge in [0.05, 0.1) is 17.9 Å². The minimum absolute atomic E-state index is 0. The molecule has 0 spiro atoms. The highest BCUT2D eigenvalue weighted by molar-refractivity contribution is 6.35. The number of piperidine rings is 2. The first-order valence-electron chi connectivity index (χ1n) is 13.2. The van der Waals surface area contributed by atoms with Crippen LogP contribution in [-0.2, 0) is 4.79 Å². The minimum atomic E-state index is -0.735. The van der Waals surface area contributed by atoms with Gasteiger partial charge in [-0.05, 0) is 63.3 Å². The monoisotopic (exact) mass is 596 g/mol. The molecule has 0 amide bonds. The molecule has 2 aliphatic rings. The maximum Gasteiger partial charge on any atom is 0.303 e. The van der Waals surface area contributed by atoms with Gasteiger partial charge in [-0.2, -0.15) is 5.10 Å². The number of hydrogen-bond donors (Lipinski definition) is 2. The lowest BCUT2D eigenvalue weighted by molar-refractivity contribution is -0.138. The summed E-state index contributed by atoms with van der Waals surface area (Å²) < 4.78 is 1.86. The third kappa shape index (κ3) is 6.28. The van der Waals surface area contributed by atoms with Gasteiger partial charge in [0.25, 0.3) is 0 Å². The normalized spacial score (nSPS) is 23.0. The number of carboxylic acid groups (broad SMARTS) is 1. The van der Waals surface area contributed by atoms with Crippen molar-refractivity contribution in [3.05, 3.63) is 45.7 Å². The Balaban J connectivity index is 0.00000353. The van der Waals surface area contributed by atoms with E-state index in [9.17, 15) is 15.0 Å². The molecule has 4 atom stereocenters. The fourth-order valence-corrected chi connectivity index (χ4v) is 6.70. The molecule has 5 rings (SSSR count). The molecule has 4 heterocycles. The second-order valence-electron chi connectivity index (χ2n) is 10.6. The molecular weight excluding hydrogens is 563 g/mol. The number of rotatable bonds is 7. The van der Waals surface area contributed by atoms with Crippen molar-refractivity contribution in [2.75, 3.05) is 37.7 Å². The Labute approximate surface area is 244 Å². The van der Waals surface area contributed by atoms with Crippen molar-refractivity contribution in [2.24, 2.45) is 11.8 Å². The minimum Gasteiger partial charge on any atom is -0.481 e. The lowest BCUT2D eigenvalue weighted by Crippen LogP contribution is -2.55. The van der Waals surface area contributed by atoms with E-state index in [2.05, 4.69) is 9.80 Å². The SMILES string of the molecule is Cc1nn(C(C)c2ccc(Cl)cc2Cl)c2nc(N3CC[C@H](N4CCC[C@@H](CC(=O)O)C4)[C@H](CO)C3)cnc12.Cl. The first kappa shape index (κ1) is 29.8. The predicted molar refractivity (Wildman–Crippen MR) is 155 cm³/mol. The number of aromatic nitrogens is 4. The topological polar surface area (TPSA) is 108 Å². The highest BCUT2D eigenvalue weighted by Crippen LogP contribution is 2.33. The zero-order valence-electron chi connectivity index (χ0n) is 22.1. The number of carbonyl (C=O) groups is 1. The molecule has 2 fully saturated rings. The van der Waals surface area contributed by atoms with Crippen LogP contribution in [0, 0.1) is 18.8 Å². The van der Waals surface area contributed by atoms with Crippen molar-refractivity contribution in [1.82, 2.24) is 24.6 Å². The summed E-state index contributed by atoms with van der Waals surface area (Å²) in [5.74, 6) is 0.239. The molecule has 9 nitrogen and oxygen atoms in total. The van der Waals surface area contributed by atoms with Crippen LogP contribution in [0.5, 0.6) is 0 Å². The number of benzene rings is 1. The average molecular weight is 598 g/mol. The van der Waals surface area contributed by atoms with Gasteiger partial charge in [-0.25, -0.2) is 14.6 Å². The van der Waals surface area contributed by atoms with Crippen molar-refractivity contribution in [3.63, 3.8) is 0 Å². The zero-order chi connectivity index (χ0) is 27.0. The number of aryl methyl sites for hydroxylation is 1. The van der Waals surface area contributed by atoms with Gasteiger partial charge < -0.3 is 15.1 Å². The van der Waals surface area contributed by atoms with Crippen molar-refractivity contribution in [1.29, 1.82) is 0 Å². The van der Waals surface area contributed by atoms with Gasteiger partial charge >= 0.3 is 5.97 Å². The third-order valence-electron chi connectivity index (χ3n) is 8.07. The maximum absolute atomic E-state index is 11.2. The van der Waals surface area contributed by atoms with E-state index in [1.807, 2.05) is 30.7 Å². The van der Waals surface area contributed by atoms with Crippen LogP contribution in [0.2, 0.25) is 10.0 Å². The predicted octanol–water partition coefficient (Wildman–Crippen LogP) is 4.85. The average Bonchev–Trinajstić information content (AvgIpc) is 3.23. The Morgan fingerprint density at radius 1 is 1.21 bits per heavy atom. The van der Waals surface area contributed by atoms with E-state index in [1.54, 1.807) is 12.3 Å². The summed E-state index contributed by atoms with van der Waals surface area (Å²) in [5.41, 5.74) is 3.13. The van der Waals surface area contributed by atoms with Crippen molar-refractivity contribution in [3.8, 4) is 0 Å². The molecule has 2 aliphatic heterocycles. The lowest BCUT2D eigenvalue weighted by atomic mass is 9.87. The van der Waals surface area contributed by atoms with Crippen LogP contribution in [-0.4, -0.2) is 79.7 Å². The van der Waals surface area contributed by atoms with Crippen molar-refractivity contribution in [2.45, 2.75) is 51.6 Å². The molecule has 0 saturated carbocycles. The number of aliphatic hydroxyl groups is 1. The summed E-state index contributed by atoms with van der Waals surface area (Å²) >= 11 is 12.6. The van der Waals surface area contributed by atoms with Gasteiger partial charge in [0.15, 0.2) is 5.65 Å². The summed E-state index contributed by atoms with van der Waals surface area (Å²) in [6.45, 7) is 7.20. The molecule has 2 N–H and O–H groups in total. The highest BCUT2D eigenvalue weighted by atomic mass is 35.5. The number of likely N-dealkylation sites (tertiary alicyclic amines) is 1. The van der Waals surface area contributed by atoms with Gasteiger partial charge in [0.1, 0.15) is 11.3 Å². The second kappa shape index (κ2) is 12.6. The fraction of sp³-hybridized carbons (Fsp3) is 0.556. The third-order valence-corrected chi connectivity index (χ3v) is 8.64. The van der Waals surface area contributed by atoms with E-state index in [4.69, 9.17) is 38.3 Å². The second-order valence-corrected chi connectivity index (χ2v) is 11.5. The Morgan fingerprint density at radius 3 is 2.72 bits per heavy atom. The summed E-state index contributed by atoms with van der Waals surface area (Å²) in [7, 11) is 0. The Morgan fingerprint density at radius 2 is 2.00 bits per heavy atom. The number of aliphatic carboxylic acids is 1. The van der Waals surface area contributed by atoms with Crippen molar-refractivity contribution < 1.29 is 15.0 Å². The molecule has 1 unspecified atom stereocenters. The van der Waals surface area contributed by atoms with Crippen molar-refractivity contribution >= 4 is 58.6 Å². The molecule has 0 bridgehead atoms. The zero-order valence-corrected chi connectivity index (χ0v) is 24.5. The number of anilines is 1. The van der Waals surface area contributed by atoms with E-state index < -0.39 is 5.97 Å². The first-order valence-corrected chi connectivity index (χ1v) is 14.0. The summed E-state index contributed by atoms with van der Waals surface area (Å²) in [6, 6.07) is 5.52. The van der Waals surface area contributed by atoms with Crippen LogP contribution in [0.4, 0.5) is 5.82 Å². The molecule has 0 radical (unpaired) electrons. The standard InChI is InChI=1S/C27H34Cl2N6O3.ClH/c1-16-26-27(35(32-16)17(2)21-6-5-20(28)11-22(21)29)31-24(12-30-26)34-9-7-23(19(14-34)15-36)33-8-3-4-18(13-33)10-25(37)38;/h5-6,11-12,17-19,23,36H,3-4,7-10,13-15H2,1-2H3,(H,37,38);1H/t17?,18-,19-,23-;/m0./s1. The molecule has 3 aromatic rings. The molecule has 0 aliphatic carbocycles.